The van der Waals surface area contributed by atoms with Crippen molar-refractivity contribution in [2.45, 2.75) is 45.8 Å². The summed E-state index contributed by atoms with van der Waals surface area (Å²) in [5.74, 6) is 1.48. The van der Waals surface area contributed by atoms with E-state index in [2.05, 4.69) is 19.9 Å². The van der Waals surface area contributed by atoms with Crippen LogP contribution in [0.3, 0.4) is 0 Å². The Morgan fingerprint density at radius 3 is 2.53 bits per heavy atom. The Morgan fingerprint density at radius 1 is 1.26 bits per heavy atom. The van der Waals surface area contributed by atoms with Gasteiger partial charge in [-0.2, -0.15) is 5.26 Å². The minimum Gasteiger partial charge on any atom is -0.373 e. The van der Waals surface area contributed by atoms with Crippen LogP contribution >= 0.6 is 11.6 Å². The first kappa shape index (κ1) is 14.4. The highest BCUT2D eigenvalue weighted by atomic mass is 35.5. The van der Waals surface area contributed by atoms with Gasteiger partial charge in [0.15, 0.2) is 0 Å². The Morgan fingerprint density at radius 2 is 1.95 bits per heavy atom. The average Bonchev–Trinajstić information content (AvgIpc) is 2.36. The molecule has 1 fully saturated rings. The van der Waals surface area contributed by atoms with Crippen LogP contribution in [-0.4, -0.2) is 6.10 Å². The van der Waals surface area contributed by atoms with Crippen LogP contribution < -0.4 is 0 Å². The van der Waals surface area contributed by atoms with Gasteiger partial charge in [-0.1, -0.05) is 31.5 Å². The molecule has 1 saturated carbocycles. The summed E-state index contributed by atoms with van der Waals surface area (Å²) in [4.78, 5) is 0. The number of nitriles is 1. The standard InChI is InChI=1S/C16H20ClNO/c1-11-5-12(2)7-15(6-11)19-10-14-4-3-13(9-18)8-16(14)17/h3-4,8,11-12,15H,5-7,10H2,1-2H3. The SMILES string of the molecule is CC1CC(C)CC(OCc2ccc(C#N)cc2Cl)C1. The number of rotatable bonds is 3. The second kappa shape index (κ2) is 6.41. The third-order valence-electron chi connectivity index (χ3n) is 3.79. The summed E-state index contributed by atoms with van der Waals surface area (Å²) >= 11 is 6.15. The van der Waals surface area contributed by atoms with Crippen molar-refractivity contribution in [2.75, 3.05) is 0 Å². The lowest BCUT2D eigenvalue weighted by Gasteiger charge is -2.31. The first-order valence-corrected chi connectivity index (χ1v) is 7.26. The van der Waals surface area contributed by atoms with Crippen molar-refractivity contribution in [3.63, 3.8) is 0 Å². The van der Waals surface area contributed by atoms with Crippen molar-refractivity contribution in [3.8, 4) is 6.07 Å². The van der Waals surface area contributed by atoms with E-state index in [-0.39, 0.29) is 0 Å². The Hall–Kier alpha value is -1.04. The summed E-state index contributed by atoms with van der Waals surface area (Å²) in [6, 6.07) is 7.46. The van der Waals surface area contributed by atoms with Crippen molar-refractivity contribution in [2.24, 2.45) is 11.8 Å². The lowest BCUT2D eigenvalue weighted by Crippen LogP contribution is -2.26. The first-order chi connectivity index (χ1) is 9.08. The van der Waals surface area contributed by atoms with Crippen LogP contribution in [0.15, 0.2) is 18.2 Å². The van der Waals surface area contributed by atoms with Crippen LogP contribution in [0, 0.1) is 23.2 Å². The van der Waals surface area contributed by atoms with E-state index in [1.165, 1.54) is 6.42 Å². The fourth-order valence-corrected chi connectivity index (χ4v) is 3.19. The molecular formula is C16H20ClNO. The summed E-state index contributed by atoms with van der Waals surface area (Å²) in [5.41, 5.74) is 1.56. The summed E-state index contributed by atoms with van der Waals surface area (Å²) in [6.07, 6.45) is 3.92. The van der Waals surface area contributed by atoms with Crippen molar-refractivity contribution in [1.82, 2.24) is 0 Å². The second-order valence-corrected chi connectivity index (χ2v) is 6.18. The number of hydrogen-bond donors (Lipinski definition) is 0. The molecule has 0 aliphatic heterocycles. The van der Waals surface area contributed by atoms with Crippen molar-refractivity contribution < 1.29 is 4.74 Å². The van der Waals surface area contributed by atoms with E-state index in [4.69, 9.17) is 21.6 Å². The summed E-state index contributed by atoms with van der Waals surface area (Å²) in [5, 5.41) is 9.43. The van der Waals surface area contributed by atoms with Crippen LogP contribution in [0.4, 0.5) is 0 Å². The third-order valence-corrected chi connectivity index (χ3v) is 4.14. The van der Waals surface area contributed by atoms with E-state index >= 15 is 0 Å². The highest BCUT2D eigenvalue weighted by Crippen LogP contribution is 2.31. The van der Waals surface area contributed by atoms with E-state index in [0.717, 1.165) is 30.2 Å². The van der Waals surface area contributed by atoms with Gasteiger partial charge in [0.05, 0.1) is 24.3 Å². The molecule has 0 heterocycles. The van der Waals surface area contributed by atoms with E-state index in [0.29, 0.717) is 23.3 Å². The Balaban J connectivity index is 1.93. The molecule has 0 N–H and O–H groups in total. The quantitative estimate of drug-likeness (QED) is 0.812. The van der Waals surface area contributed by atoms with Crippen molar-refractivity contribution in [1.29, 1.82) is 5.26 Å². The highest BCUT2D eigenvalue weighted by molar-refractivity contribution is 6.31. The zero-order valence-electron chi connectivity index (χ0n) is 11.5. The molecule has 0 amide bonds. The normalized spacial score (nSPS) is 26.9. The van der Waals surface area contributed by atoms with Gasteiger partial charge in [-0.05, 0) is 48.8 Å². The van der Waals surface area contributed by atoms with Gasteiger partial charge >= 0.3 is 0 Å². The lowest BCUT2D eigenvalue weighted by molar-refractivity contribution is -0.00912. The van der Waals surface area contributed by atoms with Crippen molar-refractivity contribution >= 4 is 11.6 Å². The van der Waals surface area contributed by atoms with Gasteiger partial charge in [0.2, 0.25) is 0 Å². The van der Waals surface area contributed by atoms with E-state index < -0.39 is 0 Å². The maximum absolute atomic E-state index is 8.81. The highest BCUT2D eigenvalue weighted by Gasteiger charge is 2.24. The number of benzene rings is 1. The topological polar surface area (TPSA) is 33.0 Å². The number of halogens is 1. The molecule has 2 rings (SSSR count). The van der Waals surface area contributed by atoms with Crippen LogP contribution in [0.2, 0.25) is 5.02 Å². The van der Waals surface area contributed by atoms with Gasteiger partial charge in [0.25, 0.3) is 0 Å². The molecule has 102 valence electrons. The Kier molecular flexibility index (Phi) is 4.85. The second-order valence-electron chi connectivity index (χ2n) is 5.77. The lowest BCUT2D eigenvalue weighted by atomic mass is 9.82. The molecule has 2 nitrogen and oxygen atoms in total. The molecule has 1 aliphatic carbocycles. The molecule has 0 radical (unpaired) electrons. The van der Waals surface area contributed by atoms with Crippen LogP contribution in [0.25, 0.3) is 0 Å². The molecular weight excluding hydrogens is 258 g/mol. The molecule has 0 aromatic heterocycles. The fourth-order valence-electron chi connectivity index (χ4n) is 2.95. The van der Waals surface area contributed by atoms with Gasteiger partial charge < -0.3 is 4.74 Å². The largest absolute Gasteiger partial charge is 0.373 e. The summed E-state index contributed by atoms with van der Waals surface area (Å²) in [6.45, 7) is 5.12. The minimum atomic E-state index is 0.338. The van der Waals surface area contributed by atoms with E-state index in [9.17, 15) is 0 Å². The van der Waals surface area contributed by atoms with Gasteiger partial charge in [-0.25, -0.2) is 0 Å². The van der Waals surface area contributed by atoms with Gasteiger partial charge in [0.1, 0.15) is 0 Å². The maximum atomic E-state index is 8.81. The van der Waals surface area contributed by atoms with E-state index in [1.54, 1.807) is 12.1 Å². The predicted octanol–water partition coefficient (Wildman–Crippen LogP) is 4.55. The molecule has 0 bridgehead atoms. The molecule has 2 atom stereocenters. The smallest absolute Gasteiger partial charge is 0.0992 e. The molecule has 1 aromatic carbocycles. The van der Waals surface area contributed by atoms with Gasteiger partial charge in [0, 0.05) is 5.02 Å². The molecule has 2 unspecified atom stereocenters. The van der Waals surface area contributed by atoms with Gasteiger partial charge in [-0.3, -0.25) is 0 Å². The number of ether oxygens (including phenoxy) is 1. The fraction of sp³-hybridized carbons (Fsp3) is 0.562. The van der Waals surface area contributed by atoms with Crippen LogP contribution in [0.5, 0.6) is 0 Å². The number of nitrogens with zero attached hydrogens (tertiary/aromatic N) is 1. The first-order valence-electron chi connectivity index (χ1n) is 6.88. The molecule has 3 heteroatoms. The summed E-state index contributed by atoms with van der Waals surface area (Å²) in [7, 11) is 0. The zero-order valence-corrected chi connectivity index (χ0v) is 12.3. The molecule has 1 aliphatic rings. The van der Waals surface area contributed by atoms with Crippen molar-refractivity contribution in [3.05, 3.63) is 34.3 Å². The monoisotopic (exact) mass is 277 g/mol. The average molecular weight is 278 g/mol. The Labute approximate surface area is 120 Å². The molecule has 19 heavy (non-hydrogen) atoms. The van der Waals surface area contributed by atoms with Crippen LogP contribution in [-0.2, 0) is 11.3 Å². The summed E-state index contributed by atoms with van der Waals surface area (Å²) < 4.78 is 6.00. The Bertz CT molecular complexity index is 470. The molecule has 0 spiro atoms. The predicted molar refractivity (Wildman–Crippen MR) is 76.9 cm³/mol. The number of hydrogen-bond acceptors (Lipinski definition) is 2. The maximum Gasteiger partial charge on any atom is 0.0992 e. The zero-order chi connectivity index (χ0) is 13.8. The molecule has 1 aromatic rings. The van der Waals surface area contributed by atoms with E-state index in [1.807, 2.05) is 6.07 Å². The minimum absolute atomic E-state index is 0.338. The van der Waals surface area contributed by atoms with Crippen LogP contribution in [0.1, 0.15) is 44.2 Å². The third kappa shape index (κ3) is 3.96. The van der Waals surface area contributed by atoms with Gasteiger partial charge in [-0.15, -0.1) is 0 Å². The molecule has 0 saturated heterocycles.